The maximum absolute atomic E-state index is 14.0. The zero-order chi connectivity index (χ0) is 31.5. The second-order valence-electron chi connectivity index (χ2n) is 11.6. The quantitative estimate of drug-likeness (QED) is 0.246. The summed E-state index contributed by atoms with van der Waals surface area (Å²) in [5, 5.41) is 20.3. The van der Waals surface area contributed by atoms with E-state index in [0.717, 1.165) is 42.6 Å². The van der Waals surface area contributed by atoms with Gasteiger partial charge in [0.1, 0.15) is 16.6 Å². The van der Waals surface area contributed by atoms with Crippen LogP contribution >= 0.6 is 11.3 Å². The summed E-state index contributed by atoms with van der Waals surface area (Å²) in [6.07, 6.45) is 6.78. The van der Waals surface area contributed by atoms with Gasteiger partial charge < -0.3 is 20.6 Å². The molecule has 45 heavy (non-hydrogen) atoms. The number of hydrogen-bond donors (Lipinski definition) is 3. The van der Waals surface area contributed by atoms with Gasteiger partial charge in [-0.25, -0.2) is 13.8 Å². The lowest BCUT2D eigenvalue weighted by atomic mass is 9.94. The SMILES string of the molecule is Cc1csc([C@H]2CCCN2C(=O)c2cc(C(=O)N[C@@H](Cc3cc(F)cc(F)c3)[C@H](O)[C@H]3CCCN3)cc(-c3cnccn3)c2)n1. The largest absolute Gasteiger partial charge is 0.389 e. The molecule has 234 valence electrons. The summed E-state index contributed by atoms with van der Waals surface area (Å²) < 4.78 is 28.1. The molecule has 4 heterocycles. The van der Waals surface area contributed by atoms with Crippen molar-refractivity contribution in [3.05, 3.63) is 99.4 Å². The van der Waals surface area contributed by atoms with E-state index in [2.05, 4.69) is 25.6 Å². The first-order chi connectivity index (χ1) is 21.7. The molecule has 2 aliphatic heterocycles. The Morgan fingerprint density at radius 1 is 1.09 bits per heavy atom. The fraction of sp³-hybridized carbons (Fsp3) is 0.364. The molecule has 0 aliphatic carbocycles. The van der Waals surface area contributed by atoms with Crippen molar-refractivity contribution in [3.63, 3.8) is 0 Å². The normalized spacial score (nSPS) is 19.4. The van der Waals surface area contributed by atoms with Crippen LogP contribution in [0.2, 0.25) is 0 Å². The predicted molar refractivity (Wildman–Crippen MR) is 166 cm³/mol. The van der Waals surface area contributed by atoms with Gasteiger partial charge in [-0.3, -0.25) is 19.6 Å². The van der Waals surface area contributed by atoms with Crippen molar-refractivity contribution in [1.82, 2.24) is 30.5 Å². The molecule has 0 spiro atoms. The van der Waals surface area contributed by atoms with Gasteiger partial charge in [0.25, 0.3) is 11.8 Å². The number of rotatable bonds is 9. The van der Waals surface area contributed by atoms with Crippen LogP contribution in [0.3, 0.4) is 0 Å². The van der Waals surface area contributed by atoms with E-state index in [0.29, 0.717) is 35.3 Å². The summed E-state index contributed by atoms with van der Waals surface area (Å²) >= 11 is 1.53. The average Bonchev–Trinajstić information content (AvgIpc) is 3.82. The van der Waals surface area contributed by atoms with Gasteiger partial charge in [0.15, 0.2) is 0 Å². The molecule has 2 fully saturated rings. The monoisotopic (exact) mass is 632 g/mol. The number of likely N-dealkylation sites (tertiary alicyclic amines) is 1. The third-order valence-electron chi connectivity index (χ3n) is 8.35. The summed E-state index contributed by atoms with van der Waals surface area (Å²) in [6.45, 7) is 3.21. The number of halogens is 2. The number of nitrogens with one attached hydrogen (secondary N) is 2. The number of aryl methyl sites for hydroxylation is 1. The molecule has 12 heteroatoms. The van der Waals surface area contributed by atoms with Crippen LogP contribution in [0.5, 0.6) is 0 Å². The molecule has 0 bridgehead atoms. The van der Waals surface area contributed by atoms with Crippen molar-refractivity contribution in [2.24, 2.45) is 0 Å². The van der Waals surface area contributed by atoms with Crippen molar-refractivity contribution >= 4 is 23.2 Å². The van der Waals surface area contributed by atoms with E-state index < -0.39 is 29.7 Å². The zero-order valence-electron chi connectivity index (χ0n) is 24.7. The van der Waals surface area contributed by atoms with Gasteiger partial charge in [-0.2, -0.15) is 0 Å². The Bertz CT molecular complexity index is 1660. The van der Waals surface area contributed by atoms with E-state index in [4.69, 9.17) is 0 Å². The van der Waals surface area contributed by atoms with Crippen molar-refractivity contribution in [2.75, 3.05) is 13.1 Å². The Morgan fingerprint density at radius 3 is 2.58 bits per heavy atom. The number of carbonyl (C=O) groups excluding carboxylic acids is 2. The van der Waals surface area contributed by atoms with Crippen LogP contribution < -0.4 is 10.6 Å². The Labute approximate surface area is 263 Å². The van der Waals surface area contributed by atoms with E-state index in [-0.39, 0.29) is 30.0 Å². The summed E-state index contributed by atoms with van der Waals surface area (Å²) in [6, 6.07) is 6.72. The molecule has 3 N–H and O–H groups in total. The fourth-order valence-corrected chi connectivity index (χ4v) is 7.15. The van der Waals surface area contributed by atoms with Gasteiger partial charge >= 0.3 is 0 Å². The van der Waals surface area contributed by atoms with Crippen LogP contribution in [0, 0.1) is 18.6 Å². The van der Waals surface area contributed by atoms with Crippen LogP contribution in [0.1, 0.15) is 68.7 Å². The molecule has 4 aromatic rings. The molecule has 2 amide bonds. The molecule has 4 atom stereocenters. The first kappa shape index (κ1) is 30.9. The Hall–Kier alpha value is -4.13. The summed E-state index contributed by atoms with van der Waals surface area (Å²) in [5.74, 6) is -2.25. The lowest BCUT2D eigenvalue weighted by Crippen LogP contribution is -2.52. The van der Waals surface area contributed by atoms with Gasteiger partial charge in [-0.05, 0) is 81.5 Å². The molecule has 0 saturated carbocycles. The topological polar surface area (TPSA) is 120 Å². The molecule has 2 aliphatic rings. The van der Waals surface area contributed by atoms with Crippen LogP contribution in [0.4, 0.5) is 8.78 Å². The molecule has 2 aromatic heterocycles. The van der Waals surface area contributed by atoms with E-state index in [9.17, 15) is 23.5 Å². The number of benzene rings is 2. The highest BCUT2D eigenvalue weighted by molar-refractivity contribution is 7.09. The van der Waals surface area contributed by atoms with Crippen LogP contribution in [-0.4, -0.2) is 68.0 Å². The number of aromatic nitrogens is 3. The predicted octanol–water partition coefficient (Wildman–Crippen LogP) is 4.62. The molecule has 6 rings (SSSR count). The molecule has 9 nitrogen and oxygen atoms in total. The zero-order valence-corrected chi connectivity index (χ0v) is 25.6. The Balaban J connectivity index is 1.33. The number of aliphatic hydroxyl groups excluding tert-OH is 1. The first-order valence-corrected chi connectivity index (χ1v) is 15.9. The van der Waals surface area contributed by atoms with E-state index in [1.54, 1.807) is 29.3 Å². The third kappa shape index (κ3) is 7.08. The summed E-state index contributed by atoms with van der Waals surface area (Å²) in [5.41, 5.74) is 2.72. The molecule has 2 saturated heterocycles. The van der Waals surface area contributed by atoms with Gasteiger partial charge in [-0.1, -0.05) is 0 Å². The number of amides is 2. The standard InChI is InChI=1S/C33H34F2N6O3S/c1-19-18-45-32(39-19)29-5-3-9-41(29)33(44)23-14-21(28-17-36-7-8-38-28)13-22(15-23)31(43)40-27(30(42)26-4-2-6-37-26)12-20-10-24(34)16-25(35)11-20/h7-8,10-11,13-18,26-27,29-30,37,42H,2-6,9,12H2,1H3,(H,40,43)/t26-,27+,29-,30-/m1/s1. The molecular formula is C33H34F2N6O3S. The molecule has 0 unspecified atom stereocenters. The van der Waals surface area contributed by atoms with Crippen molar-refractivity contribution in [1.29, 1.82) is 0 Å². The Kier molecular flexibility index (Phi) is 9.24. The lowest BCUT2D eigenvalue weighted by Gasteiger charge is -2.29. The maximum Gasteiger partial charge on any atom is 0.254 e. The minimum Gasteiger partial charge on any atom is -0.389 e. The van der Waals surface area contributed by atoms with Gasteiger partial charge in [0, 0.05) is 58.8 Å². The first-order valence-electron chi connectivity index (χ1n) is 15.1. The van der Waals surface area contributed by atoms with E-state index in [1.165, 1.54) is 35.9 Å². The third-order valence-corrected chi connectivity index (χ3v) is 9.42. The van der Waals surface area contributed by atoms with Crippen LogP contribution in [0.15, 0.2) is 60.4 Å². The minimum absolute atomic E-state index is 0.00189. The van der Waals surface area contributed by atoms with Crippen molar-refractivity contribution in [3.8, 4) is 11.3 Å². The maximum atomic E-state index is 14.0. The number of aliphatic hydroxyl groups is 1. The number of carbonyl (C=O) groups is 2. The average molecular weight is 633 g/mol. The van der Waals surface area contributed by atoms with Gasteiger partial charge in [0.2, 0.25) is 0 Å². The molecule has 0 radical (unpaired) electrons. The highest BCUT2D eigenvalue weighted by atomic mass is 32.1. The fourth-order valence-electron chi connectivity index (χ4n) is 6.21. The summed E-state index contributed by atoms with van der Waals surface area (Å²) in [7, 11) is 0. The second kappa shape index (κ2) is 13.5. The van der Waals surface area contributed by atoms with Crippen molar-refractivity contribution < 1.29 is 23.5 Å². The smallest absolute Gasteiger partial charge is 0.254 e. The number of nitrogens with zero attached hydrogens (tertiary/aromatic N) is 4. The lowest BCUT2D eigenvalue weighted by molar-refractivity contribution is 0.0733. The molecule has 2 aromatic carbocycles. The number of hydrogen-bond acceptors (Lipinski definition) is 8. The highest BCUT2D eigenvalue weighted by Gasteiger charge is 2.34. The van der Waals surface area contributed by atoms with Gasteiger partial charge in [-0.15, -0.1) is 11.3 Å². The summed E-state index contributed by atoms with van der Waals surface area (Å²) in [4.78, 5) is 42.9. The number of thiazole rings is 1. The van der Waals surface area contributed by atoms with Crippen molar-refractivity contribution in [2.45, 2.75) is 63.3 Å². The van der Waals surface area contributed by atoms with Gasteiger partial charge in [0.05, 0.1) is 30.1 Å². The van der Waals surface area contributed by atoms with Crippen LogP contribution in [0.25, 0.3) is 11.3 Å². The Morgan fingerprint density at radius 2 is 1.89 bits per heavy atom. The molecular weight excluding hydrogens is 598 g/mol. The highest BCUT2D eigenvalue weighted by Crippen LogP contribution is 2.35. The van der Waals surface area contributed by atoms with E-state index in [1.807, 2.05) is 12.3 Å². The van der Waals surface area contributed by atoms with Crippen LogP contribution in [-0.2, 0) is 6.42 Å². The van der Waals surface area contributed by atoms with E-state index >= 15 is 0 Å². The minimum atomic E-state index is -1.03. The second-order valence-corrected chi connectivity index (χ2v) is 12.5.